The third-order valence-electron chi connectivity index (χ3n) is 15.0. The maximum atomic E-state index is 13.0. The molecule has 2 aliphatic rings. The molecule has 0 spiro atoms. The van der Waals surface area contributed by atoms with Gasteiger partial charge >= 0.3 is 11.9 Å². The van der Waals surface area contributed by atoms with Crippen LogP contribution in [0.1, 0.15) is 99.0 Å². The van der Waals surface area contributed by atoms with Crippen molar-refractivity contribution in [3.05, 3.63) is 104 Å². The number of esters is 2. The van der Waals surface area contributed by atoms with Gasteiger partial charge in [-0.3, -0.25) is 9.59 Å². The monoisotopic (exact) mass is 1000 g/mol. The zero-order chi connectivity index (χ0) is 52.2. The number of rotatable bonds is 26. The van der Waals surface area contributed by atoms with Gasteiger partial charge < -0.3 is 72.4 Å². The molecule has 6 rings (SSSR count). The average Bonchev–Trinajstić information content (AvgIpc) is 3.40. The molecule has 5 N–H and O–H groups in total. The van der Waals surface area contributed by atoms with E-state index in [1.54, 1.807) is 35.5 Å². The zero-order valence-corrected chi connectivity index (χ0v) is 43.3. The van der Waals surface area contributed by atoms with E-state index < -0.39 is 11.9 Å². The van der Waals surface area contributed by atoms with Crippen molar-refractivity contribution < 1.29 is 82.0 Å². The van der Waals surface area contributed by atoms with Gasteiger partial charge in [0.05, 0.1) is 148 Å². The summed E-state index contributed by atoms with van der Waals surface area (Å²) in [7, 11) is 13.8. The van der Waals surface area contributed by atoms with Crippen LogP contribution in [-0.2, 0) is 77.8 Å². The number of hydrogen-bond acceptors (Lipinski definition) is 15. The Labute approximate surface area is 423 Å². The minimum atomic E-state index is -0.493. The minimum absolute atomic E-state index is 0.0270. The molecule has 0 saturated carbocycles. The standard InChI is InChI=1S/C55H76N2O15/c1-56(17-13-37-28-48(66-4)49(67-5)29-42(37)45(56)23-36-22-41(32-60)54(69-7)50(26-36)68-6)15-9-19-71-51(63)11-12-52(64)72-20-10-16-57(2)18-14-38-27-40(31-59)44(34-62)55(70-8)53(38)46(57)24-35-21-39(30-58)43(33-61)47(25-35)65-3/h21-22,25-29,45-46,58-62H,9-20,23-24,30-34H2,1-8H3/q+2. The number of aliphatic hydroxyl groups excluding tert-OH is 5. The van der Waals surface area contributed by atoms with Gasteiger partial charge in [-0.05, 0) is 63.7 Å². The molecule has 2 heterocycles. The smallest absolute Gasteiger partial charge is 0.306 e. The molecule has 0 saturated heterocycles. The Hall–Kier alpha value is -5.66. The van der Waals surface area contributed by atoms with Crippen LogP contribution in [0.2, 0.25) is 0 Å². The van der Waals surface area contributed by atoms with Crippen LogP contribution in [0.4, 0.5) is 0 Å². The minimum Gasteiger partial charge on any atom is -0.496 e. The number of likely N-dealkylation sites (N-methyl/N-ethyl adjacent to an activating group) is 2. The van der Waals surface area contributed by atoms with Crippen LogP contribution in [0, 0.1) is 0 Å². The summed E-state index contributed by atoms with van der Waals surface area (Å²) in [5.41, 5.74) is 8.92. The third kappa shape index (κ3) is 12.2. The lowest BCUT2D eigenvalue weighted by Gasteiger charge is -2.46. The molecule has 4 aromatic rings. The number of benzene rings is 4. The fourth-order valence-corrected chi connectivity index (χ4v) is 11.1. The van der Waals surface area contributed by atoms with Crippen molar-refractivity contribution in [3.8, 4) is 34.5 Å². The highest BCUT2D eigenvalue weighted by molar-refractivity contribution is 5.77. The largest absolute Gasteiger partial charge is 0.496 e. The highest BCUT2D eigenvalue weighted by atomic mass is 16.5. The molecule has 0 bridgehead atoms. The number of nitrogens with zero attached hydrogens (tertiary/aromatic N) is 2. The second-order valence-electron chi connectivity index (χ2n) is 19.2. The van der Waals surface area contributed by atoms with Crippen molar-refractivity contribution in [2.45, 2.75) is 96.5 Å². The summed E-state index contributed by atoms with van der Waals surface area (Å²) >= 11 is 0. The Kier molecular flexibility index (Phi) is 19.6. The fraction of sp³-hybridized carbons (Fsp3) is 0.527. The summed E-state index contributed by atoms with van der Waals surface area (Å²) in [6.45, 7) is 1.83. The van der Waals surface area contributed by atoms with Gasteiger partial charge in [0.15, 0.2) is 23.0 Å². The van der Waals surface area contributed by atoms with Crippen LogP contribution in [0.5, 0.6) is 34.5 Å². The molecular weight excluding hydrogens is 929 g/mol. The number of methoxy groups -OCH3 is 6. The van der Waals surface area contributed by atoms with Crippen LogP contribution in [0.3, 0.4) is 0 Å². The quantitative estimate of drug-likeness (QED) is 0.0314. The number of carbonyl (C=O) groups is 2. The second-order valence-corrected chi connectivity index (χ2v) is 19.2. The van der Waals surface area contributed by atoms with E-state index in [0.29, 0.717) is 116 Å². The molecule has 4 aromatic carbocycles. The highest BCUT2D eigenvalue weighted by Crippen LogP contribution is 2.47. The van der Waals surface area contributed by atoms with Crippen molar-refractivity contribution in [2.75, 3.05) is 96.1 Å². The Morgan fingerprint density at radius 2 is 1.00 bits per heavy atom. The number of fused-ring (bicyclic) bond motifs is 2. The van der Waals surface area contributed by atoms with Gasteiger partial charge in [-0.1, -0.05) is 12.1 Å². The highest BCUT2D eigenvalue weighted by Gasteiger charge is 2.43. The van der Waals surface area contributed by atoms with E-state index >= 15 is 0 Å². The maximum Gasteiger partial charge on any atom is 0.306 e. The van der Waals surface area contributed by atoms with Crippen LogP contribution in [-0.4, -0.2) is 143 Å². The predicted octanol–water partition coefficient (Wildman–Crippen LogP) is 5.12. The second kappa shape index (κ2) is 25.3. The summed E-state index contributed by atoms with van der Waals surface area (Å²) in [4.78, 5) is 26.0. The fourth-order valence-electron chi connectivity index (χ4n) is 11.1. The van der Waals surface area contributed by atoms with Gasteiger partial charge in [0, 0.05) is 60.8 Å². The van der Waals surface area contributed by atoms with Crippen LogP contribution < -0.4 is 28.4 Å². The van der Waals surface area contributed by atoms with E-state index in [2.05, 4.69) is 20.2 Å². The average molecular weight is 1010 g/mol. The number of carbonyl (C=O) groups excluding carboxylic acids is 2. The number of aliphatic hydroxyl groups is 5. The molecule has 72 heavy (non-hydrogen) atoms. The molecule has 2 aliphatic heterocycles. The number of ether oxygens (including phenoxy) is 8. The van der Waals surface area contributed by atoms with Gasteiger partial charge in [-0.15, -0.1) is 0 Å². The topological polar surface area (TPSA) is 209 Å². The summed E-state index contributed by atoms with van der Waals surface area (Å²) in [5.74, 6) is 2.37. The first-order valence-electron chi connectivity index (χ1n) is 24.6. The van der Waals surface area contributed by atoms with E-state index in [1.807, 2.05) is 36.4 Å². The Morgan fingerprint density at radius 3 is 1.53 bits per heavy atom. The summed E-state index contributed by atoms with van der Waals surface area (Å²) in [5, 5.41) is 51.2. The summed E-state index contributed by atoms with van der Waals surface area (Å²) < 4.78 is 46.8. The Bertz CT molecular complexity index is 2460. The van der Waals surface area contributed by atoms with Gasteiger partial charge in [-0.25, -0.2) is 0 Å². The van der Waals surface area contributed by atoms with Crippen molar-refractivity contribution in [1.29, 1.82) is 0 Å². The SMILES string of the molecule is COc1cc2c(cc1OC)C(Cc1cc(CO)c(OC)c(OC)c1)[N+](C)(CCCOC(=O)CCC(=O)OCCC[N+]1(C)CCc3cc(CO)c(CO)c(OC)c3C1Cc1cc(CO)c(CO)c(OC)c1)CC2. The Balaban J connectivity index is 1.06. The molecule has 0 aliphatic carbocycles. The van der Waals surface area contributed by atoms with Crippen molar-refractivity contribution >= 4 is 11.9 Å². The van der Waals surface area contributed by atoms with Crippen LogP contribution >= 0.6 is 0 Å². The molecule has 0 amide bonds. The van der Waals surface area contributed by atoms with Crippen LogP contribution in [0.15, 0.2) is 42.5 Å². The van der Waals surface area contributed by atoms with Crippen molar-refractivity contribution in [3.63, 3.8) is 0 Å². The first kappa shape index (κ1) is 55.7. The normalized spacial score (nSPS) is 19.2. The lowest BCUT2D eigenvalue weighted by atomic mass is 9.82. The lowest BCUT2D eigenvalue weighted by Crippen LogP contribution is -2.53. The van der Waals surface area contributed by atoms with Gasteiger partial charge in [0.25, 0.3) is 0 Å². The maximum absolute atomic E-state index is 13.0. The van der Waals surface area contributed by atoms with E-state index in [9.17, 15) is 35.1 Å². The third-order valence-corrected chi connectivity index (χ3v) is 15.0. The molecule has 0 radical (unpaired) electrons. The molecule has 4 unspecified atom stereocenters. The van der Waals surface area contributed by atoms with E-state index in [-0.39, 0.29) is 71.2 Å². The van der Waals surface area contributed by atoms with Gasteiger partial charge in [0.2, 0.25) is 0 Å². The van der Waals surface area contributed by atoms with E-state index in [0.717, 1.165) is 47.3 Å². The molecule has 0 fully saturated rings. The molecule has 4 atom stereocenters. The molecule has 17 nitrogen and oxygen atoms in total. The first-order chi connectivity index (χ1) is 34.7. The van der Waals surface area contributed by atoms with Gasteiger partial charge in [0.1, 0.15) is 23.6 Å². The van der Waals surface area contributed by atoms with Crippen LogP contribution in [0.25, 0.3) is 0 Å². The predicted molar refractivity (Wildman–Crippen MR) is 267 cm³/mol. The lowest BCUT2D eigenvalue weighted by molar-refractivity contribution is -0.941. The number of hydrogen-bond donors (Lipinski definition) is 5. The van der Waals surface area contributed by atoms with Crippen molar-refractivity contribution in [2.24, 2.45) is 0 Å². The van der Waals surface area contributed by atoms with E-state index in [4.69, 9.17) is 37.9 Å². The summed E-state index contributed by atoms with van der Waals surface area (Å²) in [6.07, 6.45) is 3.47. The Morgan fingerprint density at radius 1 is 0.514 bits per heavy atom. The molecular formula is C55H76N2O15+2. The number of quaternary nitrogens is 2. The summed E-state index contributed by atoms with van der Waals surface area (Å²) in [6, 6.07) is 13.5. The molecule has 394 valence electrons. The molecule has 17 heteroatoms. The first-order valence-corrected chi connectivity index (χ1v) is 24.6. The van der Waals surface area contributed by atoms with Crippen molar-refractivity contribution in [1.82, 2.24) is 0 Å². The zero-order valence-electron chi connectivity index (χ0n) is 43.3. The van der Waals surface area contributed by atoms with Gasteiger partial charge in [-0.2, -0.15) is 0 Å². The van der Waals surface area contributed by atoms with E-state index in [1.165, 1.54) is 12.7 Å². The molecule has 0 aromatic heterocycles.